The normalized spacial score (nSPS) is 13.1. The fraction of sp³-hybridized carbons (Fsp3) is 1.00. The Morgan fingerprint density at radius 1 is 1.38 bits per heavy atom. The van der Waals surface area contributed by atoms with Gasteiger partial charge in [0, 0.05) is 35.4 Å². The minimum atomic E-state index is -0.679. The predicted molar refractivity (Wildman–Crippen MR) is 54.3 cm³/mol. The summed E-state index contributed by atoms with van der Waals surface area (Å²) < 4.78 is 16.0. The number of ether oxygens (including phenoxy) is 1. The van der Waals surface area contributed by atoms with Crippen LogP contribution in [0.2, 0.25) is 0 Å². The molecule has 0 rings (SSSR count). The molecule has 0 aromatic heterocycles. The number of hydrogen-bond donors (Lipinski definition) is 2. The third-order valence-electron chi connectivity index (χ3n) is 1.49. The summed E-state index contributed by atoms with van der Waals surface area (Å²) in [7, 11) is -0.679. The predicted octanol–water partition coefficient (Wildman–Crippen LogP) is -0.646. The molecule has 0 radical (unpaired) electrons. The lowest BCUT2D eigenvalue weighted by Gasteiger charge is -2.04. The Kier molecular flexibility index (Phi) is 10.1. The summed E-state index contributed by atoms with van der Waals surface area (Å²) in [6, 6.07) is 0. The minimum absolute atomic E-state index is 0.0693. The highest BCUT2D eigenvalue weighted by molar-refractivity contribution is 7.84. The van der Waals surface area contributed by atoms with E-state index in [1.54, 1.807) is 0 Å². The number of nitrogens with one attached hydrogen (secondary N) is 1. The van der Waals surface area contributed by atoms with Crippen molar-refractivity contribution in [2.24, 2.45) is 0 Å². The first-order chi connectivity index (χ1) is 6.31. The molecule has 4 nitrogen and oxygen atoms in total. The van der Waals surface area contributed by atoms with Crippen LogP contribution in [0.4, 0.5) is 0 Å². The number of rotatable bonds is 9. The molecule has 1 unspecified atom stereocenters. The van der Waals surface area contributed by atoms with Crippen molar-refractivity contribution in [1.29, 1.82) is 0 Å². The Hall–Kier alpha value is 0.0300. The van der Waals surface area contributed by atoms with Gasteiger partial charge < -0.3 is 15.2 Å². The third-order valence-corrected chi connectivity index (χ3v) is 2.79. The van der Waals surface area contributed by atoms with Gasteiger partial charge in [0.15, 0.2) is 0 Å². The largest absolute Gasteiger partial charge is 0.394 e. The maximum absolute atomic E-state index is 11.0. The van der Waals surface area contributed by atoms with E-state index in [2.05, 4.69) is 5.32 Å². The summed E-state index contributed by atoms with van der Waals surface area (Å²) >= 11 is 0. The zero-order valence-corrected chi connectivity index (χ0v) is 8.94. The van der Waals surface area contributed by atoms with Crippen molar-refractivity contribution in [3.8, 4) is 0 Å². The van der Waals surface area contributed by atoms with E-state index in [0.29, 0.717) is 19.0 Å². The highest BCUT2D eigenvalue weighted by Gasteiger charge is 1.94. The zero-order valence-electron chi connectivity index (χ0n) is 8.12. The summed E-state index contributed by atoms with van der Waals surface area (Å²) in [5.41, 5.74) is 0. The van der Waals surface area contributed by atoms with Gasteiger partial charge in [0.25, 0.3) is 0 Å². The zero-order chi connectivity index (χ0) is 9.94. The minimum Gasteiger partial charge on any atom is -0.394 e. The van der Waals surface area contributed by atoms with Crippen LogP contribution in [0.5, 0.6) is 0 Å². The van der Waals surface area contributed by atoms with Gasteiger partial charge in [-0.3, -0.25) is 4.21 Å². The Labute approximate surface area is 82.1 Å². The Morgan fingerprint density at radius 2 is 2.15 bits per heavy atom. The maximum atomic E-state index is 11.0. The molecule has 0 amide bonds. The Bertz CT molecular complexity index is 133. The van der Waals surface area contributed by atoms with E-state index < -0.39 is 10.8 Å². The van der Waals surface area contributed by atoms with Gasteiger partial charge in [-0.25, -0.2) is 0 Å². The standard InChI is InChI=1S/C8H19NO3S/c1-2-13(11)8-4-9-3-6-12-7-5-10/h9-10H,2-8H2,1H3. The van der Waals surface area contributed by atoms with E-state index in [-0.39, 0.29) is 6.61 Å². The molecule has 13 heavy (non-hydrogen) atoms. The lowest BCUT2D eigenvalue weighted by atomic mass is 10.6. The van der Waals surface area contributed by atoms with E-state index in [1.807, 2.05) is 6.92 Å². The SMILES string of the molecule is CCS(=O)CCNCCOCCO. The van der Waals surface area contributed by atoms with Gasteiger partial charge >= 0.3 is 0 Å². The second kappa shape index (κ2) is 10.1. The van der Waals surface area contributed by atoms with Crippen molar-refractivity contribution in [2.75, 3.05) is 44.4 Å². The summed E-state index contributed by atoms with van der Waals surface area (Å²) in [5.74, 6) is 1.43. The van der Waals surface area contributed by atoms with Crippen molar-refractivity contribution in [2.45, 2.75) is 6.92 Å². The molecule has 0 bridgehead atoms. The molecule has 0 spiro atoms. The molecule has 2 N–H and O–H groups in total. The highest BCUT2D eigenvalue weighted by atomic mass is 32.2. The van der Waals surface area contributed by atoms with Crippen LogP contribution in [0.3, 0.4) is 0 Å². The molecule has 0 aliphatic rings. The molecular formula is C8H19NO3S. The van der Waals surface area contributed by atoms with E-state index >= 15 is 0 Å². The number of aliphatic hydroxyl groups is 1. The maximum Gasteiger partial charge on any atom is 0.0698 e. The van der Waals surface area contributed by atoms with Gasteiger partial charge in [0.2, 0.25) is 0 Å². The quantitative estimate of drug-likeness (QED) is 0.496. The summed E-state index contributed by atoms with van der Waals surface area (Å²) in [4.78, 5) is 0. The van der Waals surface area contributed by atoms with Gasteiger partial charge in [0.1, 0.15) is 0 Å². The first-order valence-corrected chi connectivity index (χ1v) is 6.04. The van der Waals surface area contributed by atoms with Crippen molar-refractivity contribution < 1.29 is 14.1 Å². The third kappa shape index (κ3) is 9.95. The van der Waals surface area contributed by atoms with Crippen molar-refractivity contribution in [3.05, 3.63) is 0 Å². The molecule has 0 fully saturated rings. The molecule has 80 valence electrons. The van der Waals surface area contributed by atoms with E-state index in [9.17, 15) is 4.21 Å². The first-order valence-electron chi connectivity index (χ1n) is 4.55. The molecule has 0 heterocycles. The van der Waals surface area contributed by atoms with Crippen molar-refractivity contribution >= 4 is 10.8 Å². The average Bonchev–Trinajstić information content (AvgIpc) is 2.16. The van der Waals surface area contributed by atoms with Crippen LogP contribution in [0, 0.1) is 0 Å². The molecule has 0 aliphatic heterocycles. The van der Waals surface area contributed by atoms with Crippen LogP contribution in [0.15, 0.2) is 0 Å². The Balaban J connectivity index is 2.95. The fourth-order valence-electron chi connectivity index (χ4n) is 0.766. The van der Waals surface area contributed by atoms with Crippen LogP contribution in [-0.2, 0) is 15.5 Å². The molecule has 0 saturated carbocycles. The molecular weight excluding hydrogens is 190 g/mol. The monoisotopic (exact) mass is 209 g/mol. The van der Waals surface area contributed by atoms with Gasteiger partial charge in [-0.15, -0.1) is 0 Å². The topological polar surface area (TPSA) is 58.6 Å². The van der Waals surface area contributed by atoms with Gasteiger partial charge in [0.05, 0.1) is 19.8 Å². The summed E-state index contributed by atoms with van der Waals surface area (Å²) in [6.45, 7) is 4.49. The van der Waals surface area contributed by atoms with Crippen LogP contribution in [0.1, 0.15) is 6.92 Å². The lowest BCUT2D eigenvalue weighted by molar-refractivity contribution is 0.0942. The molecule has 1 atom stereocenters. The van der Waals surface area contributed by atoms with E-state index in [4.69, 9.17) is 9.84 Å². The average molecular weight is 209 g/mol. The Morgan fingerprint density at radius 3 is 2.77 bits per heavy atom. The molecule has 0 aromatic carbocycles. The second-order valence-electron chi connectivity index (χ2n) is 2.52. The smallest absolute Gasteiger partial charge is 0.0698 e. The highest BCUT2D eigenvalue weighted by Crippen LogP contribution is 1.79. The molecule has 0 saturated heterocycles. The number of aliphatic hydroxyl groups excluding tert-OH is 1. The fourth-order valence-corrected chi connectivity index (χ4v) is 1.43. The van der Waals surface area contributed by atoms with E-state index in [0.717, 1.165) is 18.8 Å². The second-order valence-corrected chi connectivity index (χ2v) is 4.38. The summed E-state index contributed by atoms with van der Waals surface area (Å²) in [5, 5.41) is 11.5. The first kappa shape index (κ1) is 13.0. The molecule has 0 aliphatic carbocycles. The number of hydrogen-bond acceptors (Lipinski definition) is 4. The van der Waals surface area contributed by atoms with Crippen LogP contribution in [-0.4, -0.2) is 53.7 Å². The van der Waals surface area contributed by atoms with Crippen LogP contribution < -0.4 is 5.32 Å². The van der Waals surface area contributed by atoms with Gasteiger partial charge in [-0.05, 0) is 0 Å². The summed E-state index contributed by atoms with van der Waals surface area (Å²) in [6.07, 6.45) is 0. The lowest BCUT2D eigenvalue weighted by Crippen LogP contribution is -2.25. The van der Waals surface area contributed by atoms with Crippen molar-refractivity contribution in [3.63, 3.8) is 0 Å². The van der Waals surface area contributed by atoms with Crippen molar-refractivity contribution in [1.82, 2.24) is 5.32 Å². The molecule has 5 heteroatoms. The van der Waals surface area contributed by atoms with E-state index in [1.165, 1.54) is 0 Å². The van der Waals surface area contributed by atoms with Crippen LogP contribution >= 0.6 is 0 Å². The van der Waals surface area contributed by atoms with Gasteiger partial charge in [-0.2, -0.15) is 0 Å². The van der Waals surface area contributed by atoms with Crippen LogP contribution in [0.25, 0.3) is 0 Å². The van der Waals surface area contributed by atoms with Gasteiger partial charge in [-0.1, -0.05) is 6.92 Å². The molecule has 0 aromatic rings.